The topological polar surface area (TPSA) is 36.9 Å². The highest BCUT2D eigenvalue weighted by molar-refractivity contribution is 6.66. The lowest BCUT2D eigenvalue weighted by atomic mass is 10.2. The predicted molar refractivity (Wildman–Crippen MR) is 107 cm³/mol. The van der Waals surface area contributed by atoms with Gasteiger partial charge in [0.2, 0.25) is 0 Å². The molecular formula is C18H42O4Si2. The predicted octanol–water partition coefficient (Wildman–Crippen LogP) is 5.15. The van der Waals surface area contributed by atoms with Crippen LogP contribution in [0, 0.1) is 0 Å². The van der Waals surface area contributed by atoms with Gasteiger partial charge >= 0.3 is 17.8 Å². The Morgan fingerprint density at radius 2 is 1.17 bits per heavy atom. The minimum atomic E-state index is -2.15. The van der Waals surface area contributed by atoms with E-state index in [1.807, 2.05) is 0 Å². The van der Waals surface area contributed by atoms with Gasteiger partial charge in [0.15, 0.2) is 0 Å². The normalized spacial score (nSPS) is 14.2. The maximum Gasteiger partial charge on any atom is 0.335 e. The van der Waals surface area contributed by atoms with Gasteiger partial charge in [-0.1, -0.05) is 0 Å². The van der Waals surface area contributed by atoms with E-state index in [2.05, 4.69) is 75.8 Å². The van der Waals surface area contributed by atoms with Crippen molar-refractivity contribution in [3.05, 3.63) is 0 Å². The Kier molecular flexibility index (Phi) is 9.94. The summed E-state index contributed by atoms with van der Waals surface area (Å²) in [6.45, 7) is 23.1. The molecule has 24 heavy (non-hydrogen) atoms. The van der Waals surface area contributed by atoms with E-state index < -0.39 is 17.8 Å². The maximum atomic E-state index is 6.24. The van der Waals surface area contributed by atoms with Crippen molar-refractivity contribution >= 4 is 17.8 Å². The first-order valence-corrected chi connectivity index (χ1v) is 13.6. The van der Waals surface area contributed by atoms with E-state index in [9.17, 15) is 0 Å². The molecule has 0 aromatic heterocycles. The van der Waals surface area contributed by atoms with E-state index in [4.69, 9.17) is 17.7 Å². The van der Waals surface area contributed by atoms with Crippen LogP contribution in [0.15, 0.2) is 0 Å². The van der Waals surface area contributed by atoms with E-state index in [0.29, 0.717) is 0 Å². The average molecular weight is 379 g/mol. The third-order valence-corrected chi connectivity index (χ3v) is 9.03. The molecule has 0 aliphatic rings. The molecule has 0 aromatic rings. The van der Waals surface area contributed by atoms with Gasteiger partial charge in [0, 0.05) is 23.4 Å². The summed E-state index contributed by atoms with van der Waals surface area (Å²) in [4.78, 5) is 0. The molecule has 146 valence electrons. The van der Waals surface area contributed by atoms with Gasteiger partial charge in [0.1, 0.15) is 0 Å². The van der Waals surface area contributed by atoms with E-state index in [0.717, 1.165) is 18.5 Å². The minimum absolute atomic E-state index is 0.161. The first-order valence-electron chi connectivity index (χ1n) is 9.33. The van der Waals surface area contributed by atoms with Crippen molar-refractivity contribution in [2.45, 2.75) is 118 Å². The standard InChI is InChI=1S/C18H42O4Si2/c1-15(2)19-24(11,20-16(3)4)14-12-13-23(21-17(5,6)7)22-18(8,9)10/h15-16,23H,12-14H2,1-11H3. The van der Waals surface area contributed by atoms with Crippen LogP contribution in [0.5, 0.6) is 0 Å². The summed E-state index contributed by atoms with van der Waals surface area (Å²) in [5, 5.41) is 0. The summed E-state index contributed by atoms with van der Waals surface area (Å²) in [6.07, 6.45) is 1.43. The Hall–Kier alpha value is 0.274. The van der Waals surface area contributed by atoms with Crippen molar-refractivity contribution < 1.29 is 17.7 Å². The molecule has 4 nitrogen and oxygen atoms in total. The van der Waals surface area contributed by atoms with Crippen LogP contribution in [0.2, 0.25) is 18.6 Å². The van der Waals surface area contributed by atoms with Crippen molar-refractivity contribution in [1.82, 2.24) is 0 Å². The van der Waals surface area contributed by atoms with Crippen LogP contribution in [0.1, 0.15) is 75.7 Å². The monoisotopic (exact) mass is 378 g/mol. The average Bonchev–Trinajstić information content (AvgIpc) is 2.20. The third-order valence-electron chi connectivity index (χ3n) is 3.01. The third kappa shape index (κ3) is 13.6. The van der Waals surface area contributed by atoms with Gasteiger partial charge in [0.05, 0.1) is 0 Å². The lowest BCUT2D eigenvalue weighted by molar-refractivity contribution is 0.0336. The molecule has 0 unspecified atom stereocenters. The minimum Gasteiger partial charge on any atom is -0.392 e. The molecule has 0 N–H and O–H groups in total. The summed E-state index contributed by atoms with van der Waals surface area (Å²) in [6, 6.07) is 1.97. The Balaban J connectivity index is 4.74. The fourth-order valence-electron chi connectivity index (χ4n) is 2.66. The summed E-state index contributed by atoms with van der Waals surface area (Å²) in [5.74, 6) is 0. The zero-order chi connectivity index (χ0) is 19.2. The van der Waals surface area contributed by atoms with E-state index >= 15 is 0 Å². The van der Waals surface area contributed by atoms with E-state index in [-0.39, 0.29) is 23.4 Å². The van der Waals surface area contributed by atoms with Crippen molar-refractivity contribution in [2.24, 2.45) is 0 Å². The first kappa shape index (κ1) is 24.3. The summed E-state index contributed by atoms with van der Waals surface area (Å²) in [7, 11) is -3.88. The van der Waals surface area contributed by atoms with Gasteiger partial charge in [0.25, 0.3) is 0 Å². The van der Waals surface area contributed by atoms with Crippen LogP contribution in [0.25, 0.3) is 0 Å². The fourth-order valence-corrected chi connectivity index (χ4v) is 8.60. The lowest BCUT2D eigenvalue weighted by Crippen LogP contribution is -2.43. The second-order valence-corrected chi connectivity index (χ2v) is 14.4. The van der Waals surface area contributed by atoms with Crippen molar-refractivity contribution in [3.63, 3.8) is 0 Å². The van der Waals surface area contributed by atoms with Crippen LogP contribution in [-0.4, -0.2) is 41.3 Å². The smallest absolute Gasteiger partial charge is 0.335 e. The summed E-state index contributed by atoms with van der Waals surface area (Å²) >= 11 is 0. The number of hydrogen-bond acceptors (Lipinski definition) is 4. The van der Waals surface area contributed by atoms with Crippen molar-refractivity contribution in [2.75, 3.05) is 0 Å². The second-order valence-electron chi connectivity index (χ2n) is 9.25. The van der Waals surface area contributed by atoms with E-state index in [1.54, 1.807) is 0 Å². The van der Waals surface area contributed by atoms with Gasteiger partial charge < -0.3 is 17.7 Å². The molecule has 0 saturated carbocycles. The van der Waals surface area contributed by atoms with Gasteiger partial charge in [-0.2, -0.15) is 0 Å². The second kappa shape index (κ2) is 9.83. The van der Waals surface area contributed by atoms with Crippen LogP contribution < -0.4 is 0 Å². The highest BCUT2D eigenvalue weighted by Gasteiger charge is 2.35. The molecule has 0 spiro atoms. The zero-order valence-electron chi connectivity index (χ0n) is 18.0. The molecule has 0 rings (SSSR count). The molecule has 6 heteroatoms. The van der Waals surface area contributed by atoms with Crippen molar-refractivity contribution in [1.29, 1.82) is 0 Å². The largest absolute Gasteiger partial charge is 0.392 e. The molecule has 0 bridgehead atoms. The SMILES string of the molecule is CC(C)O[Si](C)(CCC[SiH](OC(C)(C)C)OC(C)(C)C)OC(C)C. The quantitative estimate of drug-likeness (QED) is 0.493. The van der Waals surface area contributed by atoms with Gasteiger partial charge in [-0.25, -0.2) is 0 Å². The Morgan fingerprint density at radius 3 is 1.46 bits per heavy atom. The molecule has 0 amide bonds. The Morgan fingerprint density at radius 1 is 0.792 bits per heavy atom. The Bertz CT molecular complexity index is 320. The van der Waals surface area contributed by atoms with Crippen molar-refractivity contribution in [3.8, 4) is 0 Å². The van der Waals surface area contributed by atoms with Crippen LogP contribution >= 0.6 is 0 Å². The van der Waals surface area contributed by atoms with E-state index in [1.165, 1.54) is 0 Å². The molecular weight excluding hydrogens is 336 g/mol. The van der Waals surface area contributed by atoms with Gasteiger partial charge in [-0.3, -0.25) is 0 Å². The molecule has 0 atom stereocenters. The molecule has 0 saturated heterocycles. The maximum absolute atomic E-state index is 6.24. The highest BCUT2D eigenvalue weighted by atomic mass is 28.4. The first-order chi connectivity index (χ1) is 10.6. The van der Waals surface area contributed by atoms with Gasteiger partial charge in [-0.15, -0.1) is 0 Å². The molecule has 0 aliphatic carbocycles. The fraction of sp³-hybridized carbons (Fsp3) is 1.00. The zero-order valence-corrected chi connectivity index (χ0v) is 20.1. The summed E-state index contributed by atoms with van der Waals surface area (Å²) in [5.41, 5.74) is -0.322. The number of rotatable bonds is 10. The highest BCUT2D eigenvalue weighted by Crippen LogP contribution is 2.24. The molecule has 0 aromatic carbocycles. The molecule has 0 heterocycles. The molecule has 0 fully saturated rings. The van der Waals surface area contributed by atoms with Gasteiger partial charge in [-0.05, 0) is 94.3 Å². The van der Waals surface area contributed by atoms with Crippen LogP contribution in [-0.2, 0) is 17.7 Å². The number of hydrogen-bond donors (Lipinski definition) is 0. The Labute approximate surface area is 153 Å². The van der Waals surface area contributed by atoms with Crippen LogP contribution in [0.3, 0.4) is 0 Å². The van der Waals surface area contributed by atoms with Crippen LogP contribution in [0.4, 0.5) is 0 Å². The summed E-state index contributed by atoms with van der Waals surface area (Å²) < 4.78 is 24.8. The molecule has 0 aliphatic heterocycles. The lowest BCUT2D eigenvalue weighted by Gasteiger charge is -2.33. The molecule has 0 radical (unpaired) electrons.